The van der Waals surface area contributed by atoms with Crippen LogP contribution in [0.4, 0.5) is 0 Å². The standard InChI is InChI=1S/C17H33N3/c1-19-11-6-7-15-13-20(12-8-16(15)19)17(14-18)9-4-2-3-5-10-17/h15-16H,2-14,18H2,1H3. The Labute approximate surface area is 124 Å². The highest BCUT2D eigenvalue weighted by molar-refractivity contribution is 4.99. The Morgan fingerprint density at radius 1 is 1.00 bits per heavy atom. The van der Waals surface area contributed by atoms with Gasteiger partial charge in [-0.2, -0.15) is 0 Å². The third kappa shape index (κ3) is 2.77. The van der Waals surface area contributed by atoms with Gasteiger partial charge in [-0.3, -0.25) is 4.90 Å². The van der Waals surface area contributed by atoms with Gasteiger partial charge in [0.15, 0.2) is 0 Å². The van der Waals surface area contributed by atoms with Crippen LogP contribution in [0.2, 0.25) is 0 Å². The minimum Gasteiger partial charge on any atom is -0.329 e. The SMILES string of the molecule is CN1CCCC2CN(C3(CN)CCCCCC3)CCC21. The predicted molar refractivity (Wildman–Crippen MR) is 84.8 cm³/mol. The molecule has 2 aliphatic heterocycles. The van der Waals surface area contributed by atoms with E-state index >= 15 is 0 Å². The third-order valence-electron chi connectivity index (χ3n) is 6.43. The molecule has 3 nitrogen and oxygen atoms in total. The number of hydrogen-bond acceptors (Lipinski definition) is 3. The fraction of sp³-hybridized carbons (Fsp3) is 1.00. The molecule has 0 aromatic carbocycles. The van der Waals surface area contributed by atoms with Crippen molar-refractivity contribution in [2.75, 3.05) is 33.2 Å². The monoisotopic (exact) mass is 279 g/mol. The maximum atomic E-state index is 6.28. The highest BCUT2D eigenvalue weighted by Crippen LogP contribution is 2.37. The largest absolute Gasteiger partial charge is 0.329 e. The van der Waals surface area contributed by atoms with Crippen molar-refractivity contribution in [3.63, 3.8) is 0 Å². The van der Waals surface area contributed by atoms with Gasteiger partial charge in [0.25, 0.3) is 0 Å². The Bertz CT molecular complexity index is 309. The summed E-state index contributed by atoms with van der Waals surface area (Å²) in [6.07, 6.45) is 12.5. The Hall–Kier alpha value is -0.120. The van der Waals surface area contributed by atoms with Crippen molar-refractivity contribution in [1.82, 2.24) is 9.80 Å². The van der Waals surface area contributed by atoms with E-state index in [1.807, 2.05) is 0 Å². The molecule has 20 heavy (non-hydrogen) atoms. The van der Waals surface area contributed by atoms with Gasteiger partial charge in [-0.25, -0.2) is 0 Å². The second-order valence-corrected chi connectivity index (χ2v) is 7.53. The van der Waals surface area contributed by atoms with Gasteiger partial charge in [0.05, 0.1) is 0 Å². The highest BCUT2D eigenvalue weighted by Gasteiger charge is 2.42. The molecule has 1 saturated carbocycles. The van der Waals surface area contributed by atoms with Crippen LogP contribution in [0.1, 0.15) is 57.8 Å². The van der Waals surface area contributed by atoms with Crippen LogP contribution in [0.25, 0.3) is 0 Å². The zero-order chi connectivity index (χ0) is 14.0. The van der Waals surface area contributed by atoms with E-state index in [4.69, 9.17) is 5.73 Å². The normalized spacial score (nSPS) is 36.3. The molecule has 0 radical (unpaired) electrons. The number of rotatable bonds is 2. The predicted octanol–water partition coefficient (Wildman–Crippen LogP) is 2.45. The summed E-state index contributed by atoms with van der Waals surface area (Å²) in [6, 6.07) is 0.848. The molecule has 2 heterocycles. The van der Waals surface area contributed by atoms with E-state index in [-0.39, 0.29) is 0 Å². The fourth-order valence-electron chi connectivity index (χ4n) is 5.12. The zero-order valence-corrected chi connectivity index (χ0v) is 13.3. The van der Waals surface area contributed by atoms with Gasteiger partial charge in [0.1, 0.15) is 0 Å². The molecule has 3 rings (SSSR count). The van der Waals surface area contributed by atoms with E-state index in [1.54, 1.807) is 0 Å². The van der Waals surface area contributed by atoms with Crippen LogP contribution in [0, 0.1) is 5.92 Å². The number of nitrogens with two attached hydrogens (primary N) is 1. The lowest BCUT2D eigenvalue weighted by Gasteiger charge is -2.52. The minimum absolute atomic E-state index is 0.345. The Morgan fingerprint density at radius 2 is 1.75 bits per heavy atom. The lowest BCUT2D eigenvalue weighted by molar-refractivity contribution is -0.0201. The molecule has 0 bridgehead atoms. The summed E-state index contributed by atoms with van der Waals surface area (Å²) in [5, 5.41) is 0. The third-order valence-corrected chi connectivity index (χ3v) is 6.43. The van der Waals surface area contributed by atoms with Gasteiger partial charge >= 0.3 is 0 Å². The number of fused-ring (bicyclic) bond motifs is 1. The summed E-state index contributed by atoms with van der Waals surface area (Å²) >= 11 is 0. The van der Waals surface area contributed by atoms with Gasteiger partial charge in [-0.05, 0) is 51.6 Å². The van der Waals surface area contributed by atoms with Crippen LogP contribution < -0.4 is 5.73 Å². The molecular weight excluding hydrogens is 246 g/mol. The van der Waals surface area contributed by atoms with Gasteiger partial charge in [-0.1, -0.05) is 25.7 Å². The quantitative estimate of drug-likeness (QED) is 0.788. The smallest absolute Gasteiger partial charge is 0.0331 e. The molecule has 0 aromatic rings. The summed E-state index contributed by atoms with van der Waals surface area (Å²) < 4.78 is 0. The van der Waals surface area contributed by atoms with E-state index in [1.165, 1.54) is 77.4 Å². The van der Waals surface area contributed by atoms with Crippen LogP contribution >= 0.6 is 0 Å². The minimum atomic E-state index is 0.345. The van der Waals surface area contributed by atoms with E-state index < -0.39 is 0 Å². The maximum absolute atomic E-state index is 6.28. The molecule has 2 atom stereocenters. The van der Waals surface area contributed by atoms with Gasteiger partial charge in [0.2, 0.25) is 0 Å². The Kier molecular flexibility index (Phi) is 4.68. The van der Waals surface area contributed by atoms with E-state index in [0.717, 1.165) is 18.5 Å². The summed E-state index contributed by atoms with van der Waals surface area (Å²) in [6.45, 7) is 4.78. The molecule has 2 unspecified atom stereocenters. The average Bonchev–Trinajstić information content (AvgIpc) is 2.73. The van der Waals surface area contributed by atoms with Crippen molar-refractivity contribution in [2.24, 2.45) is 11.7 Å². The van der Waals surface area contributed by atoms with Crippen LogP contribution in [-0.2, 0) is 0 Å². The first-order valence-corrected chi connectivity index (χ1v) is 8.90. The van der Waals surface area contributed by atoms with Gasteiger partial charge in [0, 0.05) is 31.2 Å². The second kappa shape index (κ2) is 6.33. The van der Waals surface area contributed by atoms with Crippen molar-refractivity contribution in [2.45, 2.75) is 69.4 Å². The molecule has 116 valence electrons. The molecular formula is C17H33N3. The summed E-state index contributed by atoms with van der Waals surface area (Å²) in [7, 11) is 2.33. The van der Waals surface area contributed by atoms with Crippen LogP contribution in [-0.4, -0.2) is 54.6 Å². The molecule has 2 N–H and O–H groups in total. The average molecular weight is 279 g/mol. The number of hydrogen-bond donors (Lipinski definition) is 1. The number of piperidine rings is 2. The van der Waals surface area contributed by atoms with Crippen molar-refractivity contribution < 1.29 is 0 Å². The molecule has 1 aliphatic carbocycles. The molecule has 0 spiro atoms. The number of likely N-dealkylation sites (tertiary alicyclic amines) is 2. The van der Waals surface area contributed by atoms with Gasteiger partial charge in [-0.15, -0.1) is 0 Å². The van der Waals surface area contributed by atoms with E-state index in [9.17, 15) is 0 Å². The van der Waals surface area contributed by atoms with Crippen molar-refractivity contribution in [1.29, 1.82) is 0 Å². The fourth-order valence-corrected chi connectivity index (χ4v) is 5.12. The summed E-state index contributed by atoms with van der Waals surface area (Å²) in [4.78, 5) is 5.44. The zero-order valence-electron chi connectivity index (χ0n) is 13.3. The van der Waals surface area contributed by atoms with Crippen molar-refractivity contribution in [3.8, 4) is 0 Å². The molecule has 0 amide bonds. The Morgan fingerprint density at radius 3 is 2.45 bits per heavy atom. The first-order valence-electron chi connectivity index (χ1n) is 8.90. The first-order chi connectivity index (χ1) is 9.75. The van der Waals surface area contributed by atoms with Crippen LogP contribution in [0.15, 0.2) is 0 Å². The van der Waals surface area contributed by atoms with E-state index in [0.29, 0.717) is 5.54 Å². The summed E-state index contributed by atoms with van der Waals surface area (Å²) in [5.41, 5.74) is 6.63. The van der Waals surface area contributed by atoms with Crippen molar-refractivity contribution >= 4 is 0 Å². The Balaban J connectivity index is 1.70. The lowest BCUT2D eigenvalue weighted by Crippen LogP contribution is -2.61. The van der Waals surface area contributed by atoms with E-state index in [2.05, 4.69) is 16.8 Å². The molecule has 3 aliphatic rings. The second-order valence-electron chi connectivity index (χ2n) is 7.53. The van der Waals surface area contributed by atoms with Crippen LogP contribution in [0.5, 0.6) is 0 Å². The van der Waals surface area contributed by atoms with Gasteiger partial charge < -0.3 is 10.6 Å². The molecule has 0 aromatic heterocycles. The topological polar surface area (TPSA) is 32.5 Å². The molecule has 2 saturated heterocycles. The maximum Gasteiger partial charge on any atom is 0.0331 e. The lowest BCUT2D eigenvalue weighted by atomic mass is 9.79. The van der Waals surface area contributed by atoms with Crippen LogP contribution in [0.3, 0.4) is 0 Å². The first kappa shape index (κ1) is 14.8. The van der Waals surface area contributed by atoms with Crippen molar-refractivity contribution in [3.05, 3.63) is 0 Å². The number of nitrogens with zero attached hydrogens (tertiary/aromatic N) is 2. The molecule has 3 heteroatoms. The summed E-state index contributed by atoms with van der Waals surface area (Å²) in [5.74, 6) is 0.897. The molecule has 3 fully saturated rings. The highest BCUT2D eigenvalue weighted by atomic mass is 15.3.